The van der Waals surface area contributed by atoms with E-state index >= 15 is 0 Å². The molecule has 0 fully saturated rings. The highest BCUT2D eigenvalue weighted by molar-refractivity contribution is 7.99. The zero-order chi connectivity index (χ0) is 33.6. The van der Waals surface area contributed by atoms with Crippen molar-refractivity contribution in [1.82, 2.24) is 0 Å². The summed E-state index contributed by atoms with van der Waals surface area (Å²) in [5.74, 6) is 1.65. The fourth-order valence-corrected chi connectivity index (χ4v) is 7.08. The highest BCUT2D eigenvalue weighted by atomic mass is 32.2. The van der Waals surface area contributed by atoms with Crippen molar-refractivity contribution in [2.24, 2.45) is 9.98 Å². The number of benzene rings is 4. The van der Waals surface area contributed by atoms with Crippen molar-refractivity contribution in [3.8, 4) is 0 Å². The van der Waals surface area contributed by atoms with E-state index in [1.807, 2.05) is 97.1 Å². The number of amidine groups is 2. The van der Waals surface area contributed by atoms with Gasteiger partial charge in [-0.2, -0.15) is 0 Å². The zero-order valence-corrected chi connectivity index (χ0v) is 27.0. The average Bonchev–Trinajstić information content (AvgIpc) is 3.98. The van der Waals surface area contributed by atoms with Crippen molar-refractivity contribution in [3.05, 3.63) is 168 Å². The van der Waals surface area contributed by atoms with E-state index < -0.39 is 0 Å². The second-order valence-corrected chi connectivity index (χ2v) is 12.6. The Kier molecular flexibility index (Phi) is 7.14. The van der Waals surface area contributed by atoms with Crippen LogP contribution in [0.15, 0.2) is 174 Å². The molecule has 10 heteroatoms. The van der Waals surface area contributed by atoms with E-state index in [9.17, 15) is 9.59 Å². The number of furan rings is 2. The molecule has 0 spiro atoms. The number of nitrogens with zero attached hydrogens (tertiary/aromatic N) is 4. The number of carbonyl (C=O) groups excluding carboxylic acids is 2. The summed E-state index contributed by atoms with van der Waals surface area (Å²) in [6.45, 7) is 0. The minimum atomic E-state index is -0.254. The van der Waals surface area contributed by atoms with E-state index in [-0.39, 0.29) is 23.2 Å². The van der Waals surface area contributed by atoms with Gasteiger partial charge in [0.25, 0.3) is 11.8 Å². The molecular weight excluding hydrogens is 647 g/mol. The molecule has 6 aromatic rings. The first-order chi connectivity index (χ1) is 24.6. The maximum atomic E-state index is 13.9. The molecular formula is C40H25N5O4S. The molecule has 2 amide bonds. The maximum Gasteiger partial charge on any atom is 0.282 e. The lowest BCUT2D eigenvalue weighted by atomic mass is 10.1. The Morgan fingerprint density at radius 3 is 1.44 bits per heavy atom. The average molecular weight is 672 g/mol. The van der Waals surface area contributed by atoms with E-state index in [0.717, 1.165) is 32.3 Å². The lowest BCUT2D eigenvalue weighted by Crippen LogP contribution is -2.32. The minimum absolute atomic E-state index is 0.254. The van der Waals surface area contributed by atoms with Crippen molar-refractivity contribution < 1.29 is 18.4 Å². The van der Waals surface area contributed by atoms with Gasteiger partial charge in [0, 0.05) is 33.1 Å². The second-order valence-electron chi connectivity index (χ2n) is 11.6. The topological polar surface area (TPSA) is 104 Å². The summed E-state index contributed by atoms with van der Waals surface area (Å²) in [5, 5.41) is 3.53. The van der Waals surface area contributed by atoms with Crippen LogP contribution in [0.25, 0.3) is 12.2 Å². The van der Waals surface area contributed by atoms with Gasteiger partial charge in [-0.25, -0.2) is 9.98 Å². The number of aliphatic imine (C=N–C) groups is 2. The lowest BCUT2D eigenvalue weighted by Gasteiger charge is -2.26. The number of nitrogens with one attached hydrogen (secondary N) is 1. The van der Waals surface area contributed by atoms with Gasteiger partial charge in [0.05, 0.1) is 35.3 Å². The number of hydrogen-bond acceptors (Lipinski definition) is 8. The van der Waals surface area contributed by atoms with Crippen LogP contribution in [0.1, 0.15) is 22.6 Å². The molecule has 5 heterocycles. The Morgan fingerprint density at radius 2 is 1.02 bits per heavy atom. The number of hydrogen-bond donors (Lipinski definition) is 1. The Hall–Kier alpha value is -6.65. The first-order valence-corrected chi connectivity index (χ1v) is 16.6. The summed E-state index contributed by atoms with van der Waals surface area (Å²) in [7, 11) is 0. The van der Waals surface area contributed by atoms with E-state index in [0.29, 0.717) is 34.6 Å². The molecule has 3 aliphatic rings. The molecule has 4 aromatic carbocycles. The van der Waals surface area contributed by atoms with Crippen molar-refractivity contribution in [2.45, 2.75) is 9.79 Å². The largest absolute Gasteiger partial charge is 0.465 e. The predicted molar refractivity (Wildman–Crippen MR) is 195 cm³/mol. The third kappa shape index (κ3) is 5.24. The maximum absolute atomic E-state index is 13.9. The van der Waals surface area contributed by atoms with Crippen LogP contribution in [0.5, 0.6) is 0 Å². The molecule has 0 bridgehead atoms. The summed E-state index contributed by atoms with van der Waals surface area (Å²) in [5.41, 5.74) is 5.35. The molecule has 0 aliphatic carbocycles. The van der Waals surface area contributed by atoms with Crippen LogP contribution in [-0.2, 0) is 9.59 Å². The van der Waals surface area contributed by atoms with Crippen LogP contribution in [0.2, 0.25) is 0 Å². The van der Waals surface area contributed by atoms with Crippen molar-refractivity contribution in [2.75, 3.05) is 15.1 Å². The lowest BCUT2D eigenvalue weighted by molar-refractivity contribution is -0.114. The highest BCUT2D eigenvalue weighted by Crippen LogP contribution is 2.47. The minimum Gasteiger partial charge on any atom is -0.465 e. The molecule has 0 radical (unpaired) electrons. The normalized spacial score (nSPS) is 16.8. The number of anilines is 4. The van der Waals surface area contributed by atoms with Gasteiger partial charge in [0.2, 0.25) is 0 Å². The Bertz CT molecular complexity index is 2250. The molecule has 0 atom stereocenters. The van der Waals surface area contributed by atoms with Gasteiger partial charge in [-0.05, 0) is 60.7 Å². The van der Waals surface area contributed by atoms with Crippen LogP contribution < -0.4 is 15.1 Å². The molecule has 240 valence electrons. The number of rotatable bonds is 6. The first-order valence-electron chi connectivity index (χ1n) is 15.8. The molecule has 50 heavy (non-hydrogen) atoms. The van der Waals surface area contributed by atoms with Gasteiger partial charge in [-0.15, -0.1) is 0 Å². The standard InChI is InChI=1S/C40H25N5O4S/c46-39-33(23-29-13-7-19-48-29)42-37(25-9-3-1-4-10-25)44(39)27-15-17-31-35(21-27)50-36-22-28(16-18-32(36)41-31)45-38(26-11-5-2-6-12-26)43-34(40(45)47)24-30-14-8-20-49-30/h1-24,41H/b33-23-,34-24+. The van der Waals surface area contributed by atoms with Crippen molar-refractivity contribution in [3.63, 3.8) is 0 Å². The van der Waals surface area contributed by atoms with Crippen molar-refractivity contribution in [1.29, 1.82) is 0 Å². The van der Waals surface area contributed by atoms with E-state index in [2.05, 4.69) is 5.32 Å². The predicted octanol–water partition coefficient (Wildman–Crippen LogP) is 8.75. The molecule has 0 saturated heterocycles. The third-order valence-electron chi connectivity index (χ3n) is 8.37. The number of fused-ring (bicyclic) bond motifs is 2. The smallest absolute Gasteiger partial charge is 0.282 e. The summed E-state index contributed by atoms with van der Waals surface area (Å²) in [6, 6.07) is 38.1. The summed E-state index contributed by atoms with van der Waals surface area (Å²) < 4.78 is 11.0. The van der Waals surface area contributed by atoms with Crippen LogP contribution >= 0.6 is 11.8 Å². The Balaban J connectivity index is 1.06. The summed E-state index contributed by atoms with van der Waals surface area (Å²) >= 11 is 1.56. The van der Waals surface area contributed by atoms with Crippen LogP contribution in [0, 0.1) is 0 Å². The summed E-state index contributed by atoms with van der Waals surface area (Å²) in [6.07, 6.45) is 6.43. The van der Waals surface area contributed by atoms with Gasteiger partial charge < -0.3 is 14.2 Å². The molecule has 2 aromatic heterocycles. The van der Waals surface area contributed by atoms with Crippen LogP contribution in [0.4, 0.5) is 22.7 Å². The molecule has 0 saturated carbocycles. The summed E-state index contributed by atoms with van der Waals surface area (Å²) in [4.78, 5) is 42.4. The highest BCUT2D eigenvalue weighted by Gasteiger charge is 2.35. The quantitative estimate of drug-likeness (QED) is 0.177. The third-order valence-corrected chi connectivity index (χ3v) is 9.48. The molecule has 1 N–H and O–H groups in total. The molecule has 9 nitrogen and oxygen atoms in total. The Labute approximate surface area is 290 Å². The number of carbonyl (C=O) groups is 2. The van der Waals surface area contributed by atoms with Gasteiger partial charge in [-0.3, -0.25) is 19.4 Å². The van der Waals surface area contributed by atoms with E-state index in [1.54, 1.807) is 70.5 Å². The zero-order valence-electron chi connectivity index (χ0n) is 26.2. The molecule has 3 aliphatic heterocycles. The molecule has 9 rings (SSSR count). The van der Waals surface area contributed by atoms with Gasteiger partial charge in [0.15, 0.2) is 0 Å². The van der Waals surface area contributed by atoms with Gasteiger partial charge >= 0.3 is 0 Å². The van der Waals surface area contributed by atoms with E-state index in [1.165, 1.54) is 0 Å². The fourth-order valence-electron chi connectivity index (χ4n) is 6.03. The second kappa shape index (κ2) is 12.1. The monoisotopic (exact) mass is 671 g/mol. The van der Waals surface area contributed by atoms with Crippen LogP contribution in [-0.4, -0.2) is 23.5 Å². The fraction of sp³-hybridized carbons (Fsp3) is 0. The number of amides is 2. The SMILES string of the molecule is O=C1/C(=C/c2ccco2)N=C(c2ccccc2)N1c1ccc2c(c1)Sc1cc(N3C(=O)/C(=C\c4ccco4)N=C3c3ccccc3)ccc1N2. The van der Waals surface area contributed by atoms with Gasteiger partial charge in [-0.1, -0.05) is 72.4 Å². The van der Waals surface area contributed by atoms with Crippen molar-refractivity contribution >= 4 is 70.1 Å². The van der Waals surface area contributed by atoms with E-state index in [4.69, 9.17) is 18.8 Å². The Morgan fingerprint density at radius 1 is 0.560 bits per heavy atom. The molecule has 0 unspecified atom stereocenters. The van der Waals surface area contributed by atoms with Crippen LogP contribution in [0.3, 0.4) is 0 Å². The van der Waals surface area contributed by atoms with Gasteiger partial charge in [0.1, 0.15) is 34.6 Å². The first kappa shape index (κ1) is 29.5.